The Morgan fingerprint density at radius 2 is 0.903 bits per heavy atom. The van der Waals surface area contributed by atoms with Crippen LogP contribution in [-0.4, -0.2) is 41.3 Å². The minimum Gasteiger partial charge on any atom is -0.375 e. The molecule has 172 valence electrons. The van der Waals surface area contributed by atoms with E-state index in [4.69, 9.17) is 13.1 Å². The molecule has 9 heteroatoms. The van der Waals surface area contributed by atoms with Crippen LogP contribution in [0.2, 0.25) is 0 Å². The second-order valence-electron chi connectivity index (χ2n) is 8.71. The zero-order valence-electron chi connectivity index (χ0n) is 18.7. The van der Waals surface area contributed by atoms with Crippen LogP contribution in [-0.2, 0) is 33.3 Å². The molecule has 7 nitrogen and oxygen atoms in total. The van der Waals surface area contributed by atoms with Gasteiger partial charge in [-0.3, -0.25) is 8.37 Å². The molecule has 2 rings (SSSR count). The first-order valence-electron chi connectivity index (χ1n) is 9.74. The van der Waals surface area contributed by atoms with Gasteiger partial charge in [0.05, 0.1) is 23.0 Å². The lowest BCUT2D eigenvalue weighted by atomic mass is 10.1. The van der Waals surface area contributed by atoms with Crippen molar-refractivity contribution in [3.63, 3.8) is 0 Å². The summed E-state index contributed by atoms with van der Waals surface area (Å²) in [5.41, 5.74) is -0.473. The minimum absolute atomic E-state index is 0.0547. The monoisotopic (exact) mass is 470 g/mol. The molecule has 0 unspecified atom stereocenters. The van der Waals surface area contributed by atoms with Gasteiger partial charge in [0.15, 0.2) is 0 Å². The number of aryl methyl sites for hydroxylation is 2. The first-order chi connectivity index (χ1) is 14.1. The maximum atomic E-state index is 12.5. The van der Waals surface area contributed by atoms with E-state index >= 15 is 0 Å². The van der Waals surface area contributed by atoms with Crippen molar-refractivity contribution in [1.82, 2.24) is 0 Å². The molecular formula is C22H30O7S2. The Hall–Kier alpha value is -1.78. The molecule has 0 spiro atoms. The van der Waals surface area contributed by atoms with E-state index in [1.807, 2.05) is 13.8 Å². The topological polar surface area (TPSA) is 96.0 Å². The molecule has 0 atom stereocenters. The fraction of sp³-hybridized carbons (Fsp3) is 0.455. The number of rotatable bonds is 10. The van der Waals surface area contributed by atoms with Crippen molar-refractivity contribution in [3.05, 3.63) is 59.7 Å². The molecule has 0 bridgehead atoms. The van der Waals surface area contributed by atoms with Crippen LogP contribution in [0.3, 0.4) is 0 Å². The van der Waals surface area contributed by atoms with E-state index in [-0.39, 0.29) is 23.0 Å². The van der Waals surface area contributed by atoms with Gasteiger partial charge in [-0.05, 0) is 65.8 Å². The van der Waals surface area contributed by atoms with Crippen LogP contribution in [0.1, 0.15) is 38.8 Å². The van der Waals surface area contributed by atoms with Crippen molar-refractivity contribution in [3.8, 4) is 0 Å². The lowest BCUT2D eigenvalue weighted by molar-refractivity contribution is -0.0492. The van der Waals surface area contributed by atoms with Gasteiger partial charge in [0.25, 0.3) is 20.2 Å². The molecule has 0 saturated carbocycles. The highest BCUT2D eigenvalue weighted by atomic mass is 32.2. The zero-order valence-corrected chi connectivity index (χ0v) is 20.3. The van der Waals surface area contributed by atoms with Crippen molar-refractivity contribution in [2.24, 2.45) is 0 Å². The second-order valence-corrected chi connectivity index (χ2v) is 11.8. The van der Waals surface area contributed by atoms with E-state index < -0.39 is 31.4 Å². The highest BCUT2D eigenvalue weighted by molar-refractivity contribution is 7.87. The van der Waals surface area contributed by atoms with Gasteiger partial charge < -0.3 is 4.74 Å². The van der Waals surface area contributed by atoms with Gasteiger partial charge in [-0.25, -0.2) is 0 Å². The third-order valence-corrected chi connectivity index (χ3v) is 7.23. The van der Waals surface area contributed by atoms with Gasteiger partial charge in [-0.2, -0.15) is 16.8 Å². The summed E-state index contributed by atoms with van der Waals surface area (Å²) in [6.45, 7) is 9.86. The SMILES string of the molecule is Cc1ccc(S(=O)(=O)OC(C)(C)COCC(C)(C)OS(=O)(=O)c2ccc(C)cc2)cc1. The molecule has 0 radical (unpaired) electrons. The average molecular weight is 471 g/mol. The third kappa shape index (κ3) is 7.69. The molecule has 0 amide bonds. The van der Waals surface area contributed by atoms with E-state index in [1.165, 1.54) is 24.3 Å². The summed E-state index contributed by atoms with van der Waals surface area (Å²) < 4.78 is 66.3. The van der Waals surface area contributed by atoms with Crippen molar-refractivity contribution >= 4 is 20.2 Å². The standard InChI is InChI=1S/C22H30O7S2/c1-17-7-11-19(12-8-17)30(23,24)28-21(3,4)15-27-16-22(5,6)29-31(25,26)20-13-9-18(2)10-14-20/h7-14H,15-16H2,1-6H3. The summed E-state index contributed by atoms with van der Waals surface area (Å²) in [5.74, 6) is 0. The predicted octanol–water partition coefficient (Wildman–Crippen LogP) is 3.99. The summed E-state index contributed by atoms with van der Waals surface area (Å²) >= 11 is 0. The number of benzene rings is 2. The Morgan fingerprint density at radius 3 is 1.19 bits per heavy atom. The van der Waals surface area contributed by atoms with Crippen LogP contribution in [0.25, 0.3) is 0 Å². The van der Waals surface area contributed by atoms with Crippen LogP contribution in [0.4, 0.5) is 0 Å². The first-order valence-corrected chi connectivity index (χ1v) is 12.6. The lowest BCUT2D eigenvalue weighted by Gasteiger charge is -2.28. The van der Waals surface area contributed by atoms with E-state index in [0.717, 1.165) is 11.1 Å². The fourth-order valence-corrected chi connectivity index (χ4v) is 5.11. The molecule has 0 aliphatic rings. The third-order valence-electron chi connectivity index (χ3n) is 4.19. The summed E-state index contributed by atoms with van der Waals surface area (Å²) in [5, 5.41) is 0. The maximum absolute atomic E-state index is 12.5. The quantitative estimate of drug-likeness (QED) is 0.485. The summed E-state index contributed by atoms with van der Waals surface area (Å²) in [7, 11) is -7.95. The molecule has 0 saturated heterocycles. The molecule has 0 aliphatic carbocycles. The van der Waals surface area contributed by atoms with Gasteiger partial charge in [-0.15, -0.1) is 0 Å². The van der Waals surface area contributed by atoms with Crippen molar-refractivity contribution in [2.45, 2.75) is 62.5 Å². The summed E-state index contributed by atoms with van der Waals surface area (Å²) in [6, 6.07) is 12.7. The predicted molar refractivity (Wildman–Crippen MR) is 118 cm³/mol. The Kier molecular flexibility index (Phi) is 7.71. The highest BCUT2D eigenvalue weighted by Crippen LogP contribution is 2.24. The molecule has 0 fully saturated rings. The molecule has 0 aliphatic heterocycles. The molecule has 0 N–H and O–H groups in total. The second kappa shape index (κ2) is 9.38. The first kappa shape index (κ1) is 25.5. The van der Waals surface area contributed by atoms with Gasteiger partial charge in [-0.1, -0.05) is 35.4 Å². The minimum atomic E-state index is -3.98. The number of ether oxygens (including phenoxy) is 1. The number of hydrogen-bond donors (Lipinski definition) is 0. The van der Waals surface area contributed by atoms with Gasteiger partial charge >= 0.3 is 0 Å². The highest BCUT2D eigenvalue weighted by Gasteiger charge is 2.32. The smallest absolute Gasteiger partial charge is 0.297 e. The van der Waals surface area contributed by atoms with Gasteiger partial charge in [0.2, 0.25) is 0 Å². The van der Waals surface area contributed by atoms with Crippen molar-refractivity contribution < 1.29 is 29.9 Å². The molecule has 2 aromatic rings. The molecule has 0 heterocycles. The van der Waals surface area contributed by atoms with Crippen molar-refractivity contribution in [2.75, 3.05) is 13.2 Å². The van der Waals surface area contributed by atoms with E-state index in [0.29, 0.717) is 0 Å². The maximum Gasteiger partial charge on any atom is 0.297 e. The van der Waals surface area contributed by atoms with Crippen LogP contribution < -0.4 is 0 Å². The Bertz CT molecular complexity index is 994. The Labute approximate surface area is 185 Å². The van der Waals surface area contributed by atoms with E-state index in [9.17, 15) is 16.8 Å². The van der Waals surface area contributed by atoms with Crippen molar-refractivity contribution in [1.29, 1.82) is 0 Å². The van der Waals surface area contributed by atoms with Crippen LogP contribution >= 0.6 is 0 Å². The van der Waals surface area contributed by atoms with Crippen LogP contribution in [0.15, 0.2) is 58.3 Å². The Balaban J connectivity index is 1.97. The Morgan fingerprint density at radius 1 is 0.613 bits per heavy atom. The van der Waals surface area contributed by atoms with Crippen LogP contribution in [0.5, 0.6) is 0 Å². The number of hydrogen-bond acceptors (Lipinski definition) is 7. The summed E-state index contributed by atoms with van der Waals surface area (Å²) in [4.78, 5) is 0.109. The van der Waals surface area contributed by atoms with E-state index in [1.54, 1.807) is 52.0 Å². The zero-order chi connectivity index (χ0) is 23.5. The van der Waals surface area contributed by atoms with E-state index in [2.05, 4.69) is 0 Å². The molecule has 2 aromatic carbocycles. The van der Waals surface area contributed by atoms with Gasteiger partial charge in [0, 0.05) is 0 Å². The normalized spacial score (nSPS) is 13.4. The lowest BCUT2D eigenvalue weighted by Crippen LogP contribution is -2.38. The molecule has 0 aromatic heterocycles. The summed E-state index contributed by atoms with van der Waals surface area (Å²) in [6.07, 6.45) is 0. The molecular weight excluding hydrogens is 440 g/mol. The van der Waals surface area contributed by atoms with Crippen LogP contribution in [0, 0.1) is 13.8 Å². The van der Waals surface area contributed by atoms with Gasteiger partial charge in [0.1, 0.15) is 11.2 Å². The average Bonchev–Trinajstić information content (AvgIpc) is 2.60. The largest absolute Gasteiger partial charge is 0.375 e. The fourth-order valence-electron chi connectivity index (χ4n) is 2.69. The molecule has 31 heavy (non-hydrogen) atoms.